The summed E-state index contributed by atoms with van der Waals surface area (Å²) in [4.78, 5) is 15.7. The van der Waals surface area contributed by atoms with E-state index in [2.05, 4.69) is 16.8 Å². The molecule has 2 aliphatic rings. The topological polar surface area (TPSA) is 32.3 Å². The van der Waals surface area contributed by atoms with Crippen LogP contribution < -0.4 is 5.32 Å². The van der Waals surface area contributed by atoms with E-state index in [9.17, 15) is 4.79 Å². The zero-order valence-electron chi connectivity index (χ0n) is 9.95. The molecule has 4 heteroatoms. The lowest BCUT2D eigenvalue weighted by Crippen LogP contribution is -2.38. The number of carbonyl (C=O) groups is 1. The van der Waals surface area contributed by atoms with Crippen LogP contribution in [0, 0.1) is 0 Å². The summed E-state index contributed by atoms with van der Waals surface area (Å²) in [7, 11) is 0. The highest BCUT2D eigenvalue weighted by atomic mass is 32.1. The standard InChI is InChI=1S/C13H18N2OS/c16-13(8-11-2-1-5-14-11)15-6-3-12-10(9-15)4-7-17-12/h4,7,11,14H,1-3,5-6,8-9H2. The van der Waals surface area contributed by atoms with Gasteiger partial charge in [0.05, 0.1) is 0 Å². The highest BCUT2D eigenvalue weighted by molar-refractivity contribution is 7.10. The van der Waals surface area contributed by atoms with Gasteiger partial charge in [0, 0.05) is 30.4 Å². The summed E-state index contributed by atoms with van der Waals surface area (Å²) >= 11 is 1.82. The number of amides is 1. The van der Waals surface area contributed by atoms with Crippen LogP contribution in [0.1, 0.15) is 29.7 Å². The van der Waals surface area contributed by atoms with Gasteiger partial charge in [-0.05, 0) is 42.8 Å². The van der Waals surface area contributed by atoms with Crippen LogP contribution in [0.25, 0.3) is 0 Å². The van der Waals surface area contributed by atoms with Crippen molar-refractivity contribution in [2.24, 2.45) is 0 Å². The van der Waals surface area contributed by atoms with Gasteiger partial charge in [-0.15, -0.1) is 11.3 Å². The van der Waals surface area contributed by atoms with E-state index in [1.54, 1.807) is 0 Å². The molecule has 0 radical (unpaired) electrons. The lowest BCUT2D eigenvalue weighted by atomic mass is 10.1. The van der Waals surface area contributed by atoms with Crippen molar-refractivity contribution < 1.29 is 4.79 Å². The first-order chi connectivity index (χ1) is 8.33. The number of fused-ring (bicyclic) bond motifs is 1. The SMILES string of the molecule is O=C(CC1CCCN1)N1CCc2sccc2C1. The van der Waals surface area contributed by atoms with E-state index in [1.807, 2.05) is 16.2 Å². The molecule has 3 nitrogen and oxygen atoms in total. The molecule has 0 spiro atoms. The number of hydrogen-bond donors (Lipinski definition) is 1. The second-order valence-corrected chi connectivity index (χ2v) is 5.93. The summed E-state index contributed by atoms with van der Waals surface area (Å²) in [6.45, 7) is 2.80. The number of carbonyl (C=O) groups excluding carboxylic acids is 1. The van der Waals surface area contributed by atoms with Crippen LogP contribution >= 0.6 is 11.3 Å². The number of rotatable bonds is 2. The molecule has 17 heavy (non-hydrogen) atoms. The molecular formula is C13H18N2OS. The second-order valence-electron chi connectivity index (χ2n) is 4.93. The molecule has 0 saturated carbocycles. The lowest BCUT2D eigenvalue weighted by Gasteiger charge is -2.28. The van der Waals surface area contributed by atoms with Crippen molar-refractivity contribution in [1.29, 1.82) is 0 Å². The minimum Gasteiger partial charge on any atom is -0.338 e. The summed E-state index contributed by atoms with van der Waals surface area (Å²) in [5.74, 6) is 0.321. The van der Waals surface area contributed by atoms with E-state index in [1.165, 1.54) is 16.9 Å². The van der Waals surface area contributed by atoms with Gasteiger partial charge >= 0.3 is 0 Å². The predicted molar refractivity (Wildman–Crippen MR) is 69.1 cm³/mol. The van der Waals surface area contributed by atoms with Crippen molar-refractivity contribution in [2.75, 3.05) is 13.1 Å². The number of nitrogens with one attached hydrogen (secondary N) is 1. The fourth-order valence-corrected chi connectivity index (χ4v) is 3.62. The van der Waals surface area contributed by atoms with Crippen molar-refractivity contribution in [3.8, 4) is 0 Å². The molecule has 1 unspecified atom stereocenters. The zero-order chi connectivity index (χ0) is 11.7. The predicted octanol–water partition coefficient (Wildman–Crippen LogP) is 1.77. The molecular weight excluding hydrogens is 232 g/mol. The minimum atomic E-state index is 0.321. The van der Waals surface area contributed by atoms with Crippen LogP contribution in [-0.4, -0.2) is 29.9 Å². The van der Waals surface area contributed by atoms with Gasteiger partial charge in [-0.2, -0.15) is 0 Å². The van der Waals surface area contributed by atoms with E-state index in [0.29, 0.717) is 18.4 Å². The van der Waals surface area contributed by atoms with E-state index >= 15 is 0 Å². The fourth-order valence-electron chi connectivity index (χ4n) is 2.73. The number of thiophene rings is 1. The van der Waals surface area contributed by atoms with Gasteiger partial charge in [0.15, 0.2) is 0 Å². The molecule has 0 aliphatic carbocycles. The normalized spacial score (nSPS) is 23.8. The lowest BCUT2D eigenvalue weighted by molar-refractivity contribution is -0.132. The van der Waals surface area contributed by atoms with Gasteiger partial charge in [-0.25, -0.2) is 0 Å². The molecule has 1 N–H and O–H groups in total. The molecule has 1 aromatic rings. The molecule has 3 heterocycles. The van der Waals surface area contributed by atoms with Crippen LogP contribution in [-0.2, 0) is 17.8 Å². The summed E-state index contributed by atoms with van der Waals surface area (Å²) in [5.41, 5.74) is 1.36. The maximum absolute atomic E-state index is 12.2. The molecule has 1 saturated heterocycles. The summed E-state index contributed by atoms with van der Waals surface area (Å²) < 4.78 is 0. The molecule has 92 valence electrons. The van der Waals surface area contributed by atoms with Crippen LogP contribution in [0.4, 0.5) is 0 Å². The van der Waals surface area contributed by atoms with E-state index in [4.69, 9.17) is 0 Å². The van der Waals surface area contributed by atoms with Gasteiger partial charge in [0.25, 0.3) is 0 Å². The van der Waals surface area contributed by atoms with Gasteiger partial charge in [0.2, 0.25) is 5.91 Å². The van der Waals surface area contributed by atoms with Gasteiger partial charge in [-0.3, -0.25) is 4.79 Å². The third-order valence-electron chi connectivity index (χ3n) is 3.74. The van der Waals surface area contributed by atoms with Crippen molar-refractivity contribution in [3.63, 3.8) is 0 Å². The highest BCUT2D eigenvalue weighted by Gasteiger charge is 2.24. The second kappa shape index (κ2) is 4.78. The molecule has 1 aromatic heterocycles. The summed E-state index contributed by atoms with van der Waals surface area (Å²) in [5, 5.41) is 5.53. The van der Waals surface area contributed by atoms with Gasteiger partial charge in [-0.1, -0.05) is 0 Å². The number of nitrogens with zero attached hydrogens (tertiary/aromatic N) is 1. The highest BCUT2D eigenvalue weighted by Crippen LogP contribution is 2.24. The average Bonchev–Trinajstić information content (AvgIpc) is 2.97. The Morgan fingerprint density at radius 3 is 3.35 bits per heavy atom. The van der Waals surface area contributed by atoms with E-state index < -0.39 is 0 Å². The molecule has 2 aliphatic heterocycles. The zero-order valence-corrected chi connectivity index (χ0v) is 10.8. The Labute approximate surface area is 106 Å². The molecule has 1 fully saturated rings. The van der Waals surface area contributed by atoms with Crippen molar-refractivity contribution in [3.05, 3.63) is 21.9 Å². The Bertz CT molecular complexity index is 409. The quantitative estimate of drug-likeness (QED) is 0.867. The van der Waals surface area contributed by atoms with Crippen molar-refractivity contribution in [2.45, 2.75) is 38.3 Å². The molecule has 1 amide bonds. The Morgan fingerprint density at radius 2 is 2.53 bits per heavy atom. The van der Waals surface area contributed by atoms with E-state index in [0.717, 1.165) is 32.5 Å². The first-order valence-corrected chi connectivity index (χ1v) is 7.27. The van der Waals surface area contributed by atoms with Crippen LogP contribution in [0.15, 0.2) is 11.4 Å². The van der Waals surface area contributed by atoms with Crippen LogP contribution in [0.3, 0.4) is 0 Å². The Morgan fingerprint density at radius 1 is 1.59 bits per heavy atom. The largest absolute Gasteiger partial charge is 0.338 e. The molecule has 0 aromatic carbocycles. The van der Waals surface area contributed by atoms with Crippen molar-refractivity contribution >= 4 is 17.2 Å². The monoisotopic (exact) mass is 250 g/mol. The maximum Gasteiger partial charge on any atom is 0.224 e. The number of hydrogen-bond acceptors (Lipinski definition) is 3. The Hall–Kier alpha value is -0.870. The third kappa shape index (κ3) is 2.38. The first kappa shape index (κ1) is 11.2. The fraction of sp³-hybridized carbons (Fsp3) is 0.615. The minimum absolute atomic E-state index is 0.321. The van der Waals surface area contributed by atoms with Crippen LogP contribution in [0.5, 0.6) is 0 Å². The maximum atomic E-state index is 12.2. The average molecular weight is 250 g/mol. The summed E-state index contributed by atoms with van der Waals surface area (Å²) in [6, 6.07) is 2.58. The molecule has 3 rings (SSSR count). The Kier molecular flexibility index (Phi) is 3.16. The smallest absolute Gasteiger partial charge is 0.224 e. The first-order valence-electron chi connectivity index (χ1n) is 6.39. The van der Waals surface area contributed by atoms with Crippen molar-refractivity contribution in [1.82, 2.24) is 10.2 Å². The molecule has 0 bridgehead atoms. The third-order valence-corrected chi connectivity index (χ3v) is 4.77. The van der Waals surface area contributed by atoms with E-state index in [-0.39, 0.29) is 0 Å². The van der Waals surface area contributed by atoms with Gasteiger partial charge in [0.1, 0.15) is 0 Å². The van der Waals surface area contributed by atoms with Crippen LogP contribution in [0.2, 0.25) is 0 Å². The Balaban J connectivity index is 1.60. The summed E-state index contributed by atoms with van der Waals surface area (Å²) in [6.07, 6.45) is 4.09. The molecule has 1 atom stereocenters. The van der Waals surface area contributed by atoms with Gasteiger partial charge < -0.3 is 10.2 Å².